The highest BCUT2D eigenvalue weighted by molar-refractivity contribution is 7.89. The van der Waals surface area contributed by atoms with Gasteiger partial charge in [-0.25, -0.2) is 8.42 Å². The predicted octanol–water partition coefficient (Wildman–Crippen LogP) is 4.58. The van der Waals surface area contributed by atoms with Gasteiger partial charge in [-0.15, -0.1) is 0 Å². The first-order valence-corrected chi connectivity index (χ1v) is 8.93. The molecule has 0 aromatic heterocycles. The summed E-state index contributed by atoms with van der Waals surface area (Å²) in [6, 6.07) is 4.33. The van der Waals surface area contributed by atoms with Gasteiger partial charge in [-0.05, 0) is 44.9 Å². The molecule has 0 saturated heterocycles. The highest BCUT2D eigenvalue weighted by Crippen LogP contribution is 2.30. The smallest absolute Gasteiger partial charge is 0.207 e. The summed E-state index contributed by atoms with van der Waals surface area (Å²) >= 11 is 12.0. The number of halogens is 2. The molecular formula is C14H21Cl2NO2S. The molecule has 0 spiro atoms. The lowest BCUT2D eigenvalue weighted by atomic mass is 10.2. The van der Waals surface area contributed by atoms with Crippen LogP contribution in [-0.4, -0.2) is 24.8 Å². The number of benzene rings is 1. The first-order valence-electron chi connectivity index (χ1n) is 6.74. The molecule has 1 aromatic carbocycles. The maximum atomic E-state index is 12.9. The van der Waals surface area contributed by atoms with Crippen LogP contribution >= 0.6 is 23.2 Å². The van der Waals surface area contributed by atoms with E-state index in [9.17, 15) is 8.42 Å². The average molecular weight is 338 g/mol. The monoisotopic (exact) mass is 337 g/mol. The Kier molecular flexibility index (Phi) is 6.32. The van der Waals surface area contributed by atoms with Gasteiger partial charge < -0.3 is 0 Å². The topological polar surface area (TPSA) is 37.4 Å². The average Bonchev–Trinajstić information content (AvgIpc) is 2.40. The fourth-order valence-corrected chi connectivity index (χ4v) is 4.77. The molecule has 1 aromatic rings. The Morgan fingerprint density at radius 2 is 1.60 bits per heavy atom. The second kappa shape index (κ2) is 7.12. The van der Waals surface area contributed by atoms with Gasteiger partial charge in [0.1, 0.15) is 4.90 Å². The van der Waals surface area contributed by atoms with Crippen LogP contribution in [0.3, 0.4) is 0 Å². The molecule has 0 saturated carbocycles. The Morgan fingerprint density at radius 3 is 2.05 bits per heavy atom. The number of hydrogen-bond acceptors (Lipinski definition) is 2. The SMILES string of the molecule is CCC(C)N(C(C)CC)S(=O)(=O)c1cc(Cl)ccc1Cl. The molecule has 0 aliphatic heterocycles. The molecule has 114 valence electrons. The minimum absolute atomic E-state index is 0.0762. The summed E-state index contributed by atoms with van der Waals surface area (Å²) in [6.45, 7) is 7.74. The van der Waals surface area contributed by atoms with E-state index in [-0.39, 0.29) is 22.0 Å². The summed E-state index contributed by atoms with van der Waals surface area (Å²) in [5.74, 6) is 0. The second-order valence-corrected chi connectivity index (χ2v) is 7.58. The van der Waals surface area contributed by atoms with Gasteiger partial charge in [0.2, 0.25) is 10.0 Å². The Balaban J connectivity index is 3.40. The van der Waals surface area contributed by atoms with E-state index in [0.717, 1.165) is 12.8 Å². The number of sulfonamides is 1. The molecule has 0 N–H and O–H groups in total. The van der Waals surface area contributed by atoms with Gasteiger partial charge in [0.15, 0.2) is 0 Å². The van der Waals surface area contributed by atoms with Gasteiger partial charge in [-0.3, -0.25) is 0 Å². The van der Waals surface area contributed by atoms with Crippen LogP contribution in [0.4, 0.5) is 0 Å². The third kappa shape index (κ3) is 3.67. The van der Waals surface area contributed by atoms with Crippen LogP contribution in [0, 0.1) is 0 Å². The van der Waals surface area contributed by atoms with E-state index in [1.807, 2.05) is 27.7 Å². The summed E-state index contributed by atoms with van der Waals surface area (Å²) in [5.41, 5.74) is 0. The molecule has 0 heterocycles. The summed E-state index contributed by atoms with van der Waals surface area (Å²) in [4.78, 5) is 0.0762. The van der Waals surface area contributed by atoms with Gasteiger partial charge in [-0.2, -0.15) is 4.31 Å². The van der Waals surface area contributed by atoms with Crippen molar-refractivity contribution in [2.24, 2.45) is 0 Å². The Labute approximate surface area is 131 Å². The van der Waals surface area contributed by atoms with E-state index in [4.69, 9.17) is 23.2 Å². The van der Waals surface area contributed by atoms with Crippen molar-refractivity contribution in [2.75, 3.05) is 0 Å². The van der Waals surface area contributed by atoms with Crippen LogP contribution in [0.15, 0.2) is 23.1 Å². The van der Waals surface area contributed by atoms with E-state index < -0.39 is 10.0 Å². The molecule has 3 nitrogen and oxygen atoms in total. The van der Waals surface area contributed by atoms with Crippen molar-refractivity contribution in [3.8, 4) is 0 Å². The van der Waals surface area contributed by atoms with Crippen molar-refractivity contribution in [1.29, 1.82) is 0 Å². The minimum Gasteiger partial charge on any atom is -0.207 e. The maximum Gasteiger partial charge on any atom is 0.245 e. The number of nitrogens with zero attached hydrogens (tertiary/aromatic N) is 1. The van der Waals surface area contributed by atoms with E-state index in [0.29, 0.717) is 5.02 Å². The van der Waals surface area contributed by atoms with Gasteiger partial charge in [0, 0.05) is 17.1 Å². The fourth-order valence-electron chi connectivity index (χ4n) is 2.06. The summed E-state index contributed by atoms with van der Waals surface area (Å²) in [5, 5.41) is 0.562. The maximum absolute atomic E-state index is 12.9. The summed E-state index contributed by atoms with van der Waals surface area (Å²) < 4.78 is 27.3. The molecule has 20 heavy (non-hydrogen) atoms. The Bertz CT molecular complexity index is 550. The molecule has 0 aliphatic carbocycles. The highest BCUT2D eigenvalue weighted by atomic mass is 35.5. The van der Waals surface area contributed by atoms with Crippen molar-refractivity contribution in [3.63, 3.8) is 0 Å². The zero-order valence-electron chi connectivity index (χ0n) is 12.2. The largest absolute Gasteiger partial charge is 0.245 e. The van der Waals surface area contributed by atoms with Crippen molar-refractivity contribution < 1.29 is 8.42 Å². The number of hydrogen-bond donors (Lipinski definition) is 0. The van der Waals surface area contributed by atoms with Crippen LogP contribution in [0.1, 0.15) is 40.5 Å². The van der Waals surface area contributed by atoms with Crippen molar-refractivity contribution >= 4 is 33.2 Å². The zero-order valence-corrected chi connectivity index (χ0v) is 14.6. The van der Waals surface area contributed by atoms with E-state index in [2.05, 4.69) is 0 Å². The van der Waals surface area contributed by atoms with Gasteiger partial charge >= 0.3 is 0 Å². The third-order valence-corrected chi connectivity index (χ3v) is 6.34. The van der Waals surface area contributed by atoms with E-state index >= 15 is 0 Å². The first-order chi connectivity index (χ1) is 9.25. The minimum atomic E-state index is -3.66. The van der Waals surface area contributed by atoms with E-state index in [1.54, 1.807) is 6.07 Å². The molecule has 0 aliphatic rings. The Morgan fingerprint density at radius 1 is 1.10 bits per heavy atom. The van der Waals surface area contributed by atoms with E-state index in [1.165, 1.54) is 16.4 Å². The highest BCUT2D eigenvalue weighted by Gasteiger charge is 2.33. The van der Waals surface area contributed by atoms with Crippen LogP contribution in [0.5, 0.6) is 0 Å². The van der Waals surface area contributed by atoms with Gasteiger partial charge in [0.05, 0.1) is 5.02 Å². The normalized spacial score (nSPS) is 15.3. The van der Waals surface area contributed by atoms with Gasteiger partial charge in [0.25, 0.3) is 0 Å². The third-order valence-electron chi connectivity index (χ3n) is 3.50. The van der Waals surface area contributed by atoms with Crippen molar-refractivity contribution in [3.05, 3.63) is 28.2 Å². The predicted molar refractivity (Wildman–Crippen MR) is 85.0 cm³/mol. The molecule has 0 fully saturated rings. The van der Waals surface area contributed by atoms with Crippen LogP contribution in [0.25, 0.3) is 0 Å². The molecule has 2 unspecified atom stereocenters. The molecule has 1 rings (SSSR count). The summed E-state index contributed by atoms with van der Waals surface area (Å²) in [6.07, 6.45) is 1.48. The standard InChI is InChI=1S/C14H21Cl2NO2S/c1-5-10(3)17(11(4)6-2)20(18,19)14-9-12(15)7-8-13(14)16/h7-11H,5-6H2,1-4H3. The Hall–Kier alpha value is -0.290. The van der Waals surface area contributed by atoms with Crippen LogP contribution in [-0.2, 0) is 10.0 Å². The quantitative estimate of drug-likeness (QED) is 0.761. The second-order valence-electron chi connectivity index (χ2n) is 4.92. The van der Waals surface area contributed by atoms with Crippen molar-refractivity contribution in [2.45, 2.75) is 57.5 Å². The van der Waals surface area contributed by atoms with Crippen molar-refractivity contribution in [1.82, 2.24) is 4.31 Å². The molecule has 0 amide bonds. The van der Waals surface area contributed by atoms with Gasteiger partial charge in [-0.1, -0.05) is 37.0 Å². The molecule has 0 bridgehead atoms. The molecule has 2 atom stereocenters. The lowest BCUT2D eigenvalue weighted by Crippen LogP contribution is -2.44. The first kappa shape index (κ1) is 17.8. The summed E-state index contributed by atoms with van der Waals surface area (Å²) in [7, 11) is -3.66. The molecule has 0 radical (unpaired) electrons. The molecular weight excluding hydrogens is 317 g/mol. The number of rotatable bonds is 6. The lowest BCUT2D eigenvalue weighted by molar-refractivity contribution is 0.263. The zero-order chi connectivity index (χ0) is 15.5. The van der Waals surface area contributed by atoms with Crippen LogP contribution < -0.4 is 0 Å². The molecule has 6 heteroatoms. The lowest BCUT2D eigenvalue weighted by Gasteiger charge is -2.33. The fraction of sp³-hybridized carbons (Fsp3) is 0.571. The van der Waals surface area contributed by atoms with Crippen LogP contribution in [0.2, 0.25) is 10.0 Å².